The Balaban J connectivity index is 2.04. The molecule has 0 heterocycles. The number of rotatable bonds is 7. The Kier molecular flexibility index (Phi) is 8.29. The maximum Gasteiger partial charge on any atom is 0.304 e. The highest BCUT2D eigenvalue weighted by molar-refractivity contribution is 9.10. The number of carboxylic acid groups (broad SMARTS) is 1. The van der Waals surface area contributed by atoms with Crippen molar-refractivity contribution < 1.29 is 19.4 Å². The van der Waals surface area contributed by atoms with Crippen LogP contribution in [0.1, 0.15) is 58.1 Å². The highest BCUT2D eigenvalue weighted by atomic mass is 79.9. The van der Waals surface area contributed by atoms with E-state index in [0.717, 1.165) is 15.6 Å². The molecule has 1 amide bonds. The first-order chi connectivity index (χ1) is 14.5. The standard InChI is InChI=1S/C25H28BrNO4/c1-6-7-18(14-23(28)29)17-8-11-20(12-9-17)27-24(30)16(2)31-22-13-10-19(15-21(22)26)25(3,4)5/h8-13,15-16,18H,14H2,1-5H3,(H,27,30)(H,28,29). The zero-order valence-corrected chi connectivity index (χ0v) is 20.0. The van der Waals surface area contributed by atoms with Crippen LogP contribution in [0.3, 0.4) is 0 Å². The molecule has 2 N–H and O–H groups in total. The molecule has 164 valence electrons. The van der Waals surface area contributed by atoms with Gasteiger partial charge >= 0.3 is 5.97 Å². The largest absolute Gasteiger partial charge is 0.481 e. The van der Waals surface area contributed by atoms with E-state index in [1.54, 1.807) is 38.1 Å². The number of amides is 1. The van der Waals surface area contributed by atoms with Crippen molar-refractivity contribution in [2.45, 2.75) is 58.5 Å². The Bertz CT molecular complexity index is 997. The minimum absolute atomic E-state index is 0.0163. The van der Waals surface area contributed by atoms with E-state index in [9.17, 15) is 9.59 Å². The van der Waals surface area contributed by atoms with Crippen LogP contribution >= 0.6 is 15.9 Å². The summed E-state index contributed by atoms with van der Waals surface area (Å²) in [5.74, 6) is 4.71. The maximum absolute atomic E-state index is 12.6. The van der Waals surface area contributed by atoms with Crippen LogP contribution in [-0.2, 0) is 15.0 Å². The first-order valence-corrected chi connectivity index (χ1v) is 10.8. The van der Waals surface area contributed by atoms with Crippen LogP contribution in [0.15, 0.2) is 46.9 Å². The van der Waals surface area contributed by atoms with Crippen molar-refractivity contribution in [3.05, 3.63) is 58.1 Å². The third-order valence-electron chi connectivity index (χ3n) is 4.75. The van der Waals surface area contributed by atoms with Gasteiger partial charge in [0.05, 0.1) is 16.8 Å². The van der Waals surface area contributed by atoms with Gasteiger partial charge in [-0.2, -0.15) is 0 Å². The lowest BCUT2D eigenvalue weighted by atomic mass is 9.87. The van der Waals surface area contributed by atoms with Gasteiger partial charge in [0.15, 0.2) is 6.10 Å². The second kappa shape index (κ2) is 10.5. The number of halogens is 1. The van der Waals surface area contributed by atoms with Gasteiger partial charge in [-0.15, -0.1) is 5.92 Å². The predicted molar refractivity (Wildman–Crippen MR) is 126 cm³/mol. The molecule has 0 aromatic heterocycles. The summed E-state index contributed by atoms with van der Waals surface area (Å²) < 4.78 is 6.64. The van der Waals surface area contributed by atoms with Gasteiger partial charge in [-0.25, -0.2) is 0 Å². The third-order valence-corrected chi connectivity index (χ3v) is 5.37. The summed E-state index contributed by atoms with van der Waals surface area (Å²) in [5.41, 5.74) is 2.58. The van der Waals surface area contributed by atoms with E-state index in [-0.39, 0.29) is 23.7 Å². The van der Waals surface area contributed by atoms with Gasteiger partial charge in [0, 0.05) is 5.69 Å². The Morgan fingerprint density at radius 3 is 2.32 bits per heavy atom. The van der Waals surface area contributed by atoms with Crippen LogP contribution in [0, 0.1) is 11.8 Å². The van der Waals surface area contributed by atoms with Gasteiger partial charge in [0.1, 0.15) is 5.75 Å². The lowest BCUT2D eigenvalue weighted by Gasteiger charge is -2.21. The fourth-order valence-corrected chi connectivity index (χ4v) is 3.42. The fourth-order valence-electron chi connectivity index (χ4n) is 2.95. The summed E-state index contributed by atoms with van der Waals surface area (Å²) >= 11 is 3.53. The molecule has 2 atom stereocenters. The SMILES string of the molecule is CC#CC(CC(=O)O)c1ccc(NC(=O)C(C)Oc2ccc(C(C)(C)C)cc2Br)cc1. The van der Waals surface area contributed by atoms with Crippen LogP contribution in [0.4, 0.5) is 5.69 Å². The Morgan fingerprint density at radius 2 is 1.81 bits per heavy atom. The van der Waals surface area contributed by atoms with E-state index < -0.39 is 12.1 Å². The lowest BCUT2D eigenvalue weighted by molar-refractivity contribution is -0.137. The van der Waals surface area contributed by atoms with Gasteiger partial charge in [0.2, 0.25) is 0 Å². The third kappa shape index (κ3) is 7.15. The molecule has 0 aliphatic carbocycles. The van der Waals surface area contributed by atoms with E-state index in [1.165, 1.54) is 0 Å². The molecule has 0 saturated carbocycles. The highest BCUT2D eigenvalue weighted by Crippen LogP contribution is 2.32. The van der Waals surface area contributed by atoms with Crippen molar-refractivity contribution in [1.82, 2.24) is 0 Å². The van der Waals surface area contributed by atoms with Gasteiger partial charge in [-0.05, 0) is 70.6 Å². The summed E-state index contributed by atoms with van der Waals surface area (Å²) in [7, 11) is 0. The minimum Gasteiger partial charge on any atom is -0.481 e. The van der Waals surface area contributed by atoms with Gasteiger partial charge in [-0.1, -0.05) is 44.9 Å². The summed E-state index contributed by atoms with van der Waals surface area (Å²) in [5, 5.41) is 11.9. The van der Waals surface area contributed by atoms with Crippen molar-refractivity contribution >= 4 is 33.5 Å². The van der Waals surface area contributed by atoms with Crippen molar-refractivity contribution in [3.63, 3.8) is 0 Å². The number of hydrogen-bond acceptors (Lipinski definition) is 3. The molecule has 0 radical (unpaired) electrons. The predicted octanol–water partition coefficient (Wildman–Crippen LogP) is 5.73. The molecule has 2 aromatic carbocycles. The molecule has 0 aliphatic rings. The number of anilines is 1. The number of carbonyl (C=O) groups is 2. The molecule has 31 heavy (non-hydrogen) atoms. The average molecular weight is 486 g/mol. The quantitative estimate of drug-likeness (QED) is 0.490. The average Bonchev–Trinajstić information content (AvgIpc) is 2.68. The van der Waals surface area contributed by atoms with E-state index in [2.05, 4.69) is 53.9 Å². The summed E-state index contributed by atoms with van der Waals surface area (Å²) in [4.78, 5) is 23.6. The number of carboxylic acids is 1. The zero-order chi connectivity index (χ0) is 23.2. The molecule has 0 fully saturated rings. The van der Waals surface area contributed by atoms with Crippen LogP contribution in [0.25, 0.3) is 0 Å². The maximum atomic E-state index is 12.6. The van der Waals surface area contributed by atoms with Crippen LogP contribution in [0.2, 0.25) is 0 Å². The number of ether oxygens (including phenoxy) is 1. The number of benzene rings is 2. The van der Waals surface area contributed by atoms with E-state index in [4.69, 9.17) is 9.84 Å². The number of nitrogens with one attached hydrogen (secondary N) is 1. The molecule has 0 saturated heterocycles. The van der Waals surface area contributed by atoms with Crippen LogP contribution < -0.4 is 10.1 Å². The number of aliphatic carboxylic acids is 1. The molecule has 2 unspecified atom stereocenters. The van der Waals surface area contributed by atoms with Gasteiger partial charge < -0.3 is 15.2 Å². The Hall–Kier alpha value is -2.78. The summed E-state index contributed by atoms with van der Waals surface area (Å²) in [6.07, 6.45) is -0.775. The zero-order valence-electron chi connectivity index (χ0n) is 18.5. The van der Waals surface area contributed by atoms with Gasteiger partial charge in [-0.3, -0.25) is 9.59 Å². The molecular formula is C25H28BrNO4. The topological polar surface area (TPSA) is 75.6 Å². The second-order valence-electron chi connectivity index (χ2n) is 8.31. The van der Waals surface area contributed by atoms with Gasteiger partial charge in [0.25, 0.3) is 5.91 Å². The molecule has 0 bridgehead atoms. The van der Waals surface area contributed by atoms with E-state index in [0.29, 0.717) is 11.4 Å². The minimum atomic E-state index is -0.905. The van der Waals surface area contributed by atoms with E-state index in [1.807, 2.05) is 18.2 Å². The fraction of sp³-hybridized carbons (Fsp3) is 0.360. The molecule has 2 rings (SSSR count). The summed E-state index contributed by atoms with van der Waals surface area (Å²) in [6.45, 7) is 9.77. The van der Waals surface area contributed by atoms with E-state index >= 15 is 0 Å². The first kappa shape index (κ1) is 24.5. The highest BCUT2D eigenvalue weighted by Gasteiger charge is 2.19. The van der Waals surface area contributed by atoms with Crippen LogP contribution in [-0.4, -0.2) is 23.1 Å². The summed E-state index contributed by atoms with van der Waals surface area (Å²) in [6, 6.07) is 12.9. The number of carbonyl (C=O) groups excluding carboxylic acids is 1. The lowest BCUT2D eigenvalue weighted by Crippen LogP contribution is -2.30. The van der Waals surface area contributed by atoms with Crippen molar-refractivity contribution in [2.24, 2.45) is 0 Å². The molecule has 2 aromatic rings. The monoisotopic (exact) mass is 485 g/mol. The first-order valence-electron chi connectivity index (χ1n) is 10.0. The molecule has 0 aliphatic heterocycles. The molecule has 0 spiro atoms. The van der Waals surface area contributed by atoms with Crippen molar-refractivity contribution in [3.8, 4) is 17.6 Å². The molecule has 6 heteroatoms. The van der Waals surface area contributed by atoms with Crippen molar-refractivity contribution in [1.29, 1.82) is 0 Å². The van der Waals surface area contributed by atoms with Crippen LogP contribution in [0.5, 0.6) is 5.75 Å². The Labute approximate surface area is 192 Å². The molecular weight excluding hydrogens is 458 g/mol. The second-order valence-corrected chi connectivity index (χ2v) is 9.17. The smallest absolute Gasteiger partial charge is 0.304 e. The molecule has 5 nitrogen and oxygen atoms in total. The number of hydrogen-bond donors (Lipinski definition) is 2. The van der Waals surface area contributed by atoms with Crippen molar-refractivity contribution in [2.75, 3.05) is 5.32 Å². The Morgan fingerprint density at radius 1 is 1.16 bits per heavy atom. The normalized spacial score (nSPS) is 12.8.